The summed E-state index contributed by atoms with van der Waals surface area (Å²) in [5, 5.41) is 1.16. The van der Waals surface area contributed by atoms with E-state index in [1.165, 1.54) is 12.8 Å². The highest BCUT2D eigenvalue weighted by atomic mass is 35.5. The molecule has 0 aliphatic heterocycles. The van der Waals surface area contributed by atoms with Crippen molar-refractivity contribution in [1.29, 1.82) is 0 Å². The first-order valence-electron chi connectivity index (χ1n) is 7.21. The summed E-state index contributed by atoms with van der Waals surface area (Å²) in [6, 6.07) is 5.70. The van der Waals surface area contributed by atoms with Gasteiger partial charge in [-0.3, -0.25) is 0 Å². The quantitative estimate of drug-likeness (QED) is 0.890. The zero-order valence-corrected chi connectivity index (χ0v) is 13.7. The summed E-state index contributed by atoms with van der Waals surface area (Å²) in [5.41, 5.74) is 7.38. The Bertz CT molecular complexity index is 466. The third-order valence-corrected chi connectivity index (χ3v) is 5.25. The molecule has 0 heterocycles. The first-order chi connectivity index (χ1) is 9.47. The van der Waals surface area contributed by atoms with Gasteiger partial charge in [-0.15, -0.1) is 0 Å². The third-order valence-electron chi connectivity index (χ3n) is 4.51. The molecular weight excluding hydrogens is 293 g/mol. The maximum Gasteiger partial charge on any atom is 0.0834 e. The zero-order chi connectivity index (χ0) is 14.8. The molecule has 20 heavy (non-hydrogen) atoms. The van der Waals surface area contributed by atoms with Gasteiger partial charge in [-0.1, -0.05) is 49.0 Å². The van der Waals surface area contributed by atoms with Gasteiger partial charge in [-0.2, -0.15) is 0 Å². The fraction of sp³-hybridized carbons (Fsp3) is 0.625. The lowest BCUT2D eigenvalue weighted by atomic mass is 9.73. The Hall–Kier alpha value is -0.280. The van der Waals surface area contributed by atoms with E-state index >= 15 is 0 Å². The molecule has 4 heteroatoms. The monoisotopic (exact) mass is 315 g/mol. The van der Waals surface area contributed by atoms with E-state index in [-0.39, 0.29) is 11.6 Å². The summed E-state index contributed by atoms with van der Waals surface area (Å²) in [6.45, 7) is 2.28. The molecule has 1 fully saturated rings. The normalized spacial score (nSPS) is 28.4. The highest BCUT2D eigenvalue weighted by Gasteiger charge is 2.40. The minimum Gasteiger partial charge on any atom is -0.377 e. The summed E-state index contributed by atoms with van der Waals surface area (Å²) in [6.07, 6.45) is 5.29. The molecule has 0 aromatic heterocycles. The SMILES string of the molecule is COC1(C(N)Cc2ccc(Cl)c(Cl)c2)CCCC(C)C1. The van der Waals surface area contributed by atoms with Gasteiger partial charge in [0.1, 0.15) is 0 Å². The average Bonchev–Trinajstić information content (AvgIpc) is 2.42. The fourth-order valence-electron chi connectivity index (χ4n) is 3.32. The maximum atomic E-state index is 6.48. The van der Waals surface area contributed by atoms with Crippen molar-refractivity contribution in [3.8, 4) is 0 Å². The van der Waals surface area contributed by atoms with E-state index in [1.54, 1.807) is 7.11 Å². The minimum atomic E-state index is -0.205. The Morgan fingerprint density at radius 1 is 1.40 bits per heavy atom. The first kappa shape index (κ1) is 16.1. The van der Waals surface area contributed by atoms with Crippen molar-refractivity contribution in [3.63, 3.8) is 0 Å². The summed E-state index contributed by atoms with van der Waals surface area (Å²) in [4.78, 5) is 0. The second-order valence-electron chi connectivity index (χ2n) is 6.03. The number of halogens is 2. The molecule has 1 aromatic rings. The molecule has 3 atom stereocenters. The van der Waals surface area contributed by atoms with Crippen LogP contribution in [0, 0.1) is 5.92 Å². The van der Waals surface area contributed by atoms with Crippen LogP contribution in [-0.4, -0.2) is 18.8 Å². The van der Waals surface area contributed by atoms with E-state index in [2.05, 4.69) is 6.92 Å². The summed E-state index contributed by atoms with van der Waals surface area (Å²) in [5.74, 6) is 0.670. The van der Waals surface area contributed by atoms with Crippen molar-refractivity contribution in [1.82, 2.24) is 0 Å². The second-order valence-corrected chi connectivity index (χ2v) is 6.84. The highest BCUT2D eigenvalue weighted by Crippen LogP contribution is 2.37. The Kier molecular flexibility index (Phi) is 5.36. The molecule has 112 valence electrons. The standard InChI is InChI=1S/C16H23Cl2NO/c1-11-4-3-7-16(10-11,20-2)15(19)9-12-5-6-13(17)14(18)8-12/h5-6,8,11,15H,3-4,7,9-10,19H2,1-2H3. The first-order valence-corrected chi connectivity index (χ1v) is 7.97. The number of rotatable bonds is 4. The van der Waals surface area contributed by atoms with Gasteiger partial charge in [0.2, 0.25) is 0 Å². The molecule has 1 aliphatic carbocycles. The van der Waals surface area contributed by atoms with Gasteiger partial charge < -0.3 is 10.5 Å². The van der Waals surface area contributed by atoms with Crippen molar-refractivity contribution >= 4 is 23.2 Å². The lowest BCUT2D eigenvalue weighted by molar-refractivity contribution is -0.0705. The van der Waals surface area contributed by atoms with Crippen molar-refractivity contribution < 1.29 is 4.74 Å². The smallest absolute Gasteiger partial charge is 0.0834 e. The summed E-state index contributed by atoms with van der Waals surface area (Å²) < 4.78 is 5.85. The molecule has 2 rings (SSSR count). The predicted octanol–water partition coefficient (Wildman–Crippen LogP) is 4.46. The largest absolute Gasteiger partial charge is 0.377 e. The van der Waals surface area contributed by atoms with E-state index in [1.807, 2.05) is 18.2 Å². The minimum absolute atomic E-state index is 0.0208. The van der Waals surface area contributed by atoms with Gasteiger partial charge in [-0.25, -0.2) is 0 Å². The molecule has 1 aromatic carbocycles. The number of hydrogen-bond donors (Lipinski definition) is 1. The molecule has 0 radical (unpaired) electrons. The Morgan fingerprint density at radius 3 is 2.75 bits per heavy atom. The lowest BCUT2D eigenvalue weighted by Crippen LogP contribution is -2.53. The molecule has 0 saturated heterocycles. The van der Waals surface area contributed by atoms with Crippen molar-refractivity contribution in [3.05, 3.63) is 33.8 Å². The number of nitrogens with two attached hydrogens (primary N) is 1. The van der Waals surface area contributed by atoms with Gasteiger partial charge in [-0.05, 0) is 42.9 Å². The number of methoxy groups -OCH3 is 1. The van der Waals surface area contributed by atoms with E-state index < -0.39 is 0 Å². The number of benzene rings is 1. The molecule has 1 saturated carbocycles. The van der Waals surface area contributed by atoms with Crippen molar-refractivity contribution in [2.45, 2.75) is 50.7 Å². The van der Waals surface area contributed by atoms with Crippen LogP contribution in [0.5, 0.6) is 0 Å². The molecule has 2 nitrogen and oxygen atoms in total. The van der Waals surface area contributed by atoms with Crippen molar-refractivity contribution in [2.24, 2.45) is 11.7 Å². The van der Waals surface area contributed by atoms with Crippen molar-refractivity contribution in [2.75, 3.05) is 7.11 Å². The summed E-state index contributed by atoms with van der Waals surface area (Å²) >= 11 is 12.0. The molecule has 0 amide bonds. The predicted molar refractivity (Wildman–Crippen MR) is 85.5 cm³/mol. The summed E-state index contributed by atoms with van der Waals surface area (Å²) in [7, 11) is 1.78. The van der Waals surface area contributed by atoms with Crippen LogP contribution in [-0.2, 0) is 11.2 Å². The van der Waals surface area contributed by atoms with Crippen LogP contribution in [0.4, 0.5) is 0 Å². The van der Waals surface area contributed by atoms with Crippen LogP contribution in [0.1, 0.15) is 38.2 Å². The van der Waals surface area contributed by atoms with Gasteiger partial charge in [0.25, 0.3) is 0 Å². The van der Waals surface area contributed by atoms with Crippen LogP contribution in [0.2, 0.25) is 10.0 Å². The second kappa shape index (κ2) is 6.65. The molecule has 1 aliphatic rings. The third kappa shape index (κ3) is 3.48. The van der Waals surface area contributed by atoms with E-state index in [0.717, 1.165) is 24.8 Å². The topological polar surface area (TPSA) is 35.2 Å². The van der Waals surface area contributed by atoms with E-state index in [0.29, 0.717) is 16.0 Å². The Labute approximate surface area is 131 Å². The van der Waals surface area contributed by atoms with Gasteiger partial charge in [0, 0.05) is 13.2 Å². The van der Waals surface area contributed by atoms with Crippen LogP contribution in [0.25, 0.3) is 0 Å². The number of hydrogen-bond acceptors (Lipinski definition) is 2. The zero-order valence-electron chi connectivity index (χ0n) is 12.2. The van der Waals surface area contributed by atoms with E-state index in [4.69, 9.17) is 33.7 Å². The van der Waals surface area contributed by atoms with Crippen LogP contribution < -0.4 is 5.73 Å². The molecule has 0 bridgehead atoms. The number of ether oxygens (including phenoxy) is 1. The maximum absolute atomic E-state index is 6.48. The Balaban J connectivity index is 2.12. The van der Waals surface area contributed by atoms with Crippen LogP contribution in [0.3, 0.4) is 0 Å². The average molecular weight is 316 g/mol. The fourth-order valence-corrected chi connectivity index (χ4v) is 3.64. The molecule has 3 unspecified atom stereocenters. The van der Waals surface area contributed by atoms with Gasteiger partial charge in [0.15, 0.2) is 0 Å². The lowest BCUT2D eigenvalue weighted by Gasteiger charge is -2.43. The van der Waals surface area contributed by atoms with Gasteiger partial charge >= 0.3 is 0 Å². The molecule has 2 N–H and O–H groups in total. The Morgan fingerprint density at radius 2 is 2.15 bits per heavy atom. The van der Waals surface area contributed by atoms with E-state index in [9.17, 15) is 0 Å². The molecular formula is C16H23Cl2NO. The highest BCUT2D eigenvalue weighted by molar-refractivity contribution is 6.42. The molecule has 0 spiro atoms. The van der Waals surface area contributed by atoms with Gasteiger partial charge in [0.05, 0.1) is 15.6 Å². The van der Waals surface area contributed by atoms with Crippen LogP contribution in [0.15, 0.2) is 18.2 Å². The van der Waals surface area contributed by atoms with Crippen LogP contribution >= 0.6 is 23.2 Å².